The molecule has 2 fully saturated rings. The number of nitrogens with one attached hydrogen (secondary N) is 2. The van der Waals surface area contributed by atoms with Crippen molar-refractivity contribution in [1.29, 1.82) is 0 Å². The van der Waals surface area contributed by atoms with Crippen molar-refractivity contribution < 1.29 is 14.4 Å². The Bertz CT molecular complexity index is 667. The molecule has 2 N–H and O–H groups in total. The fourth-order valence-electron chi connectivity index (χ4n) is 2.79. The zero-order valence-corrected chi connectivity index (χ0v) is 13.9. The summed E-state index contributed by atoms with van der Waals surface area (Å²) in [5.74, 6) is -0.307. The minimum absolute atomic E-state index is 0.0330. The van der Waals surface area contributed by atoms with Crippen molar-refractivity contribution >= 4 is 23.4 Å². The van der Waals surface area contributed by atoms with Gasteiger partial charge in [-0.1, -0.05) is 6.07 Å². The number of nitrogens with zero attached hydrogens (tertiary/aromatic N) is 1. The number of likely N-dealkylation sites (tertiary alicyclic amines) is 1. The normalized spacial score (nSPS) is 17.5. The second-order valence-electron chi connectivity index (χ2n) is 6.60. The fourth-order valence-corrected chi connectivity index (χ4v) is 2.79. The third-order valence-corrected chi connectivity index (χ3v) is 4.44. The molecule has 0 atom stereocenters. The molecule has 0 bridgehead atoms. The van der Waals surface area contributed by atoms with Gasteiger partial charge in [0.15, 0.2) is 0 Å². The number of anilines is 1. The number of carbonyl (C=O) groups excluding carboxylic acids is 3. The average Bonchev–Trinajstić information content (AvgIpc) is 3.35. The van der Waals surface area contributed by atoms with E-state index in [0.717, 1.165) is 31.2 Å². The first kappa shape index (κ1) is 16.5. The van der Waals surface area contributed by atoms with E-state index < -0.39 is 0 Å². The summed E-state index contributed by atoms with van der Waals surface area (Å²) in [7, 11) is 0. The van der Waals surface area contributed by atoms with E-state index in [-0.39, 0.29) is 24.3 Å². The van der Waals surface area contributed by atoms with Crippen molar-refractivity contribution in [2.45, 2.75) is 45.1 Å². The van der Waals surface area contributed by atoms with E-state index in [4.69, 9.17) is 0 Å². The lowest BCUT2D eigenvalue weighted by molar-refractivity contribution is -0.136. The Morgan fingerprint density at radius 3 is 2.75 bits per heavy atom. The van der Waals surface area contributed by atoms with E-state index in [2.05, 4.69) is 10.6 Å². The highest BCUT2D eigenvalue weighted by Gasteiger charge is 2.24. The summed E-state index contributed by atoms with van der Waals surface area (Å²) in [4.78, 5) is 37.8. The summed E-state index contributed by atoms with van der Waals surface area (Å²) < 4.78 is 0. The van der Waals surface area contributed by atoms with Gasteiger partial charge < -0.3 is 15.5 Å². The molecular weight excluding hydrogens is 306 g/mol. The molecular formula is C18H23N3O3. The Labute approximate surface area is 141 Å². The van der Waals surface area contributed by atoms with Crippen LogP contribution in [0.15, 0.2) is 18.2 Å². The number of hydrogen-bond donors (Lipinski definition) is 2. The highest BCUT2D eigenvalue weighted by Crippen LogP contribution is 2.21. The van der Waals surface area contributed by atoms with E-state index in [9.17, 15) is 14.4 Å². The number of amides is 3. The van der Waals surface area contributed by atoms with Crippen LogP contribution < -0.4 is 10.6 Å². The molecule has 1 aliphatic carbocycles. The molecule has 0 radical (unpaired) electrons. The Morgan fingerprint density at radius 2 is 2.04 bits per heavy atom. The molecule has 2 aliphatic rings. The molecule has 24 heavy (non-hydrogen) atoms. The predicted molar refractivity (Wildman–Crippen MR) is 90.7 cm³/mol. The van der Waals surface area contributed by atoms with Crippen LogP contribution in [-0.2, 0) is 9.59 Å². The van der Waals surface area contributed by atoms with Crippen LogP contribution in [0.25, 0.3) is 0 Å². The largest absolute Gasteiger partial charge is 0.349 e. The smallest absolute Gasteiger partial charge is 0.251 e. The van der Waals surface area contributed by atoms with Crippen molar-refractivity contribution in [3.63, 3.8) is 0 Å². The monoisotopic (exact) mass is 329 g/mol. The quantitative estimate of drug-likeness (QED) is 0.865. The van der Waals surface area contributed by atoms with E-state index in [1.165, 1.54) is 0 Å². The summed E-state index contributed by atoms with van der Waals surface area (Å²) in [5.41, 5.74) is 2.04. The summed E-state index contributed by atoms with van der Waals surface area (Å²) in [6.45, 7) is 2.58. The summed E-state index contributed by atoms with van der Waals surface area (Å²) >= 11 is 0. The molecule has 6 heteroatoms. The van der Waals surface area contributed by atoms with E-state index in [1.807, 2.05) is 13.0 Å². The molecule has 1 heterocycles. The van der Waals surface area contributed by atoms with Gasteiger partial charge in [0.05, 0.1) is 6.54 Å². The first-order valence-electron chi connectivity index (χ1n) is 8.52. The molecule has 128 valence electrons. The number of carbonyl (C=O) groups is 3. The van der Waals surface area contributed by atoms with E-state index in [0.29, 0.717) is 30.3 Å². The van der Waals surface area contributed by atoms with E-state index in [1.54, 1.807) is 17.0 Å². The average molecular weight is 329 g/mol. The van der Waals surface area contributed by atoms with Crippen LogP contribution in [0.3, 0.4) is 0 Å². The van der Waals surface area contributed by atoms with Crippen molar-refractivity contribution in [3.8, 4) is 0 Å². The molecule has 1 saturated heterocycles. The maximum atomic E-state index is 12.2. The lowest BCUT2D eigenvalue weighted by Crippen LogP contribution is -2.40. The van der Waals surface area contributed by atoms with Crippen molar-refractivity contribution in [2.75, 3.05) is 18.4 Å². The molecule has 1 aromatic rings. The summed E-state index contributed by atoms with van der Waals surface area (Å²) in [5, 5.41) is 5.77. The zero-order chi connectivity index (χ0) is 17.1. The molecule has 3 amide bonds. The van der Waals surface area contributed by atoms with Crippen molar-refractivity contribution in [3.05, 3.63) is 29.3 Å². The second kappa shape index (κ2) is 7.03. The molecule has 0 spiro atoms. The number of rotatable bonds is 5. The van der Waals surface area contributed by atoms with Crippen LogP contribution in [0.2, 0.25) is 0 Å². The molecule has 0 unspecified atom stereocenters. The topological polar surface area (TPSA) is 78.5 Å². The van der Waals surface area contributed by atoms with Crippen molar-refractivity contribution in [1.82, 2.24) is 10.2 Å². The van der Waals surface area contributed by atoms with Crippen LogP contribution in [-0.4, -0.2) is 41.8 Å². The van der Waals surface area contributed by atoms with Gasteiger partial charge >= 0.3 is 0 Å². The predicted octanol–water partition coefficient (Wildman–Crippen LogP) is 1.84. The third-order valence-electron chi connectivity index (χ3n) is 4.44. The van der Waals surface area contributed by atoms with Gasteiger partial charge in [-0.3, -0.25) is 14.4 Å². The SMILES string of the molecule is Cc1ccc(C(=O)NC2CC2)cc1NC(=O)CN1CCCCC1=O. The molecule has 1 aliphatic heterocycles. The molecule has 3 rings (SSSR count). The molecule has 1 saturated carbocycles. The van der Waals surface area contributed by atoms with Gasteiger partial charge in [0.25, 0.3) is 5.91 Å². The Kier molecular flexibility index (Phi) is 4.83. The number of aryl methyl sites for hydroxylation is 1. The fraction of sp³-hybridized carbons (Fsp3) is 0.500. The maximum Gasteiger partial charge on any atom is 0.251 e. The van der Waals surface area contributed by atoms with Crippen LogP contribution >= 0.6 is 0 Å². The minimum atomic E-state index is -0.229. The van der Waals surface area contributed by atoms with Crippen LogP contribution in [0.4, 0.5) is 5.69 Å². The van der Waals surface area contributed by atoms with Gasteiger partial charge in [0, 0.05) is 30.3 Å². The standard InChI is InChI=1S/C18H23N3O3/c1-12-5-6-13(18(24)19-14-7-8-14)10-15(12)20-16(22)11-21-9-3-2-4-17(21)23/h5-6,10,14H,2-4,7-9,11H2,1H3,(H,19,24)(H,20,22). The van der Waals surface area contributed by atoms with E-state index >= 15 is 0 Å². The first-order chi connectivity index (χ1) is 11.5. The van der Waals surface area contributed by atoms with Crippen LogP contribution in [0, 0.1) is 6.92 Å². The van der Waals surface area contributed by atoms with Gasteiger partial charge in [-0.25, -0.2) is 0 Å². The number of benzene rings is 1. The Morgan fingerprint density at radius 1 is 1.25 bits per heavy atom. The lowest BCUT2D eigenvalue weighted by atomic mass is 10.1. The second-order valence-corrected chi connectivity index (χ2v) is 6.60. The third kappa shape index (κ3) is 4.13. The van der Waals surface area contributed by atoms with Gasteiger partial charge in [0.1, 0.15) is 0 Å². The first-order valence-corrected chi connectivity index (χ1v) is 8.52. The molecule has 1 aromatic carbocycles. The zero-order valence-electron chi connectivity index (χ0n) is 13.9. The lowest BCUT2D eigenvalue weighted by Gasteiger charge is -2.26. The highest BCUT2D eigenvalue weighted by molar-refractivity contribution is 5.99. The molecule has 6 nitrogen and oxygen atoms in total. The van der Waals surface area contributed by atoms with Crippen LogP contribution in [0.1, 0.15) is 48.0 Å². The van der Waals surface area contributed by atoms with Gasteiger partial charge in [-0.05, 0) is 50.3 Å². The van der Waals surface area contributed by atoms with Gasteiger partial charge in [-0.15, -0.1) is 0 Å². The number of hydrogen-bond acceptors (Lipinski definition) is 3. The highest BCUT2D eigenvalue weighted by atomic mass is 16.2. The summed E-state index contributed by atoms with van der Waals surface area (Å²) in [6, 6.07) is 5.57. The maximum absolute atomic E-state index is 12.2. The van der Waals surface area contributed by atoms with Crippen LogP contribution in [0.5, 0.6) is 0 Å². The summed E-state index contributed by atoms with van der Waals surface area (Å²) in [6.07, 6.45) is 4.42. The van der Waals surface area contributed by atoms with Gasteiger partial charge in [-0.2, -0.15) is 0 Å². The number of piperidine rings is 1. The van der Waals surface area contributed by atoms with Gasteiger partial charge in [0.2, 0.25) is 11.8 Å². The Hall–Kier alpha value is -2.37. The van der Waals surface area contributed by atoms with Crippen molar-refractivity contribution in [2.24, 2.45) is 0 Å². The Balaban J connectivity index is 1.63. The molecule has 0 aromatic heterocycles. The minimum Gasteiger partial charge on any atom is -0.349 e.